The van der Waals surface area contributed by atoms with Crippen molar-refractivity contribution in [2.45, 2.75) is 53.2 Å². The molecule has 0 aliphatic carbocycles. The number of nitrogens with zero attached hydrogens (tertiary/aromatic N) is 2. The molecule has 0 radical (unpaired) electrons. The zero-order chi connectivity index (χ0) is 21.7. The van der Waals surface area contributed by atoms with Crippen LogP contribution in [0.25, 0.3) is 5.65 Å². The molecule has 30 heavy (non-hydrogen) atoms. The molecule has 2 N–H and O–H groups in total. The molecule has 0 fully saturated rings. The summed E-state index contributed by atoms with van der Waals surface area (Å²) in [5, 5.41) is 12.2. The number of anilines is 1. The van der Waals surface area contributed by atoms with E-state index in [-0.39, 0.29) is 19.4 Å². The molecule has 0 spiro atoms. The molecule has 0 aliphatic heterocycles. The Labute approximate surface area is 175 Å². The summed E-state index contributed by atoms with van der Waals surface area (Å²) in [5.74, 6) is -1.56. The Kier molecular flexibility index (Phi) is 6.72. The standard InChI is InChI=1S/C23H27N3O4/c1-4-17-8-5-7-15(2)18(17)13-24-19-9-6-12-26-16(3)20(25-23(19)26)14-30-22(29)11-10-21(27)28/h5-9,12,24H,4,10-11,13-14H2,1-3H3,(H,27,28). The average molecular weight is 409 g/mol. The number of carbonyl (C=O) groups excluding carboxylic acids is 1. The molecule has 3 rings (SSSR count). The third-order valence-corrected chi connectivity index (χ3v) is 5.24. The molecule has 0 saturated carbocycles. The fraction of sp³-hybridized carbons (Fsp3) is 0.348. The number of rotatable bonds is 9. The van der Waals surface area contributed by atoms with E-state index < -0.39 is 11.9 Å². The second-order valence-electron chi connectivity index (χ2n) is 7.23. The average Bonchev–Trinajstić information content (AvgIpc) is 3.06. The molecule has 0 amide bonds. The van der Waals surface area contributed by atoms with Crippen molar-refractivity contribution in [2.75, 3.05) is 5.32 Å². The monoisotopic (exact) mass is 409 g/mol. The minimum atomic E-state index is -1.02. The number of hydrogen-bond donors (Lipinski definition) is 2. The summed E-state index contributed by atoms with van der Waals surface area (Å²) in [4.78, 5) is 27.0. The van der Waals surface area contributed by atoms with Crippen molar-refractivity contribution >= 4 is 23.3 Å². The van der Waals surface area contributed by atoms with E-state index in [9.17, 15) is 9.59 Å². The Hall–Kier alpha value is -3.35. The van der Waals surface area contributed by atoms with Gasteiger partial charge in [-0.1, -0.05) is 25.1 Å². The number of esters is 1. The molecule has 1 aromatic carbocycles. The maximum Gasteiger partial charge on any atom is 0.306 e. The van der Waals surface area contributed by atoms with Crippen LogP contribution in [0, 0.1) is 13.8 Å². The van der Waals surface area contributed by atoms with E-state index in [1.807, 2.05) is 29.7 Å². The quantitative estimate of drug-likeness (QED) is 0.518. The van der Waals surface area contributed by atoms with Gasteiger partial charge in [-0.25, -0.2) is 4.98 Å². The third-order valence-electron chi connectivity index (χ3n) is 5.24. The minimum Gasteiger partial charge on any atom is -0.481 e. The molecule has 0 atom stereocenters. The molecular formula is C23H27N3O4. The lowest BCUT2D eigenvalue weighted by atomic mass is 10.00. The number of ether oxygens (including phenoxy) is 1. The number of aliphatic carboxylic acids is 1. The maximum atomic E-state index is 11.7. The van der Waals surface area contributed by atoms with E-state index in [1.165, 1.54) is 16.7 Å². The van der Waals surface area contributed by atoms with E-state index in [0.29, 0.717) is 12.2 Å². The fourth-order valence-corrected chi connectivity index (χ4v) is 3.47. The van der Waals surface area contributed by atoms with Gasteiger partial charge in [0.2, 0.25) is 0 Å². The van der Waals surface area contributed by atoms with Crippen molar-refractivity contribution in [3.63, 3.8) is 0 Å². The van der Waals surface area contributed by atoms with Crippen LogP contribution in [-0.2, 0) is 33.9 Å². The summed E-state index contributed by atoms with van der Waals surface area (Å²) in [6, 6.07) is 10.3. The lowest BCUT2D eigenvalue weighted by Gasteiger charge is -2.14. The van der Waals surface area contributed by atoms with Crippen LogP contribution in [0.1, 0.15) is 47.8 Å². The Morgan fingerprint density at radius 1 is 1.17 bits per heavy atom. The van der Waals surface area contributed by atoms with E-state index >= 15 is 0 Å². The van der Waals surface area contributed by atoms with Crippen LogP contribution in [0.3, 0.4) is 0 Å². The van der Waals surface area contributed by atoms with Gasteiger partial charge in [0.1, 0.15) is 6.61 Å². The number of nitrogens with one attached hydrogen (secondary N) is 1. The molecule has 7 nitrogen and oxygen atoms in total. The predicted molar refractivity (Wildman–Crippen MR) is 114 cm³/mol. The van der Waals surface area contributed by atoms with Gasteiger partial charge in [0.05, 0.1) is 24.2 Å². The molecule has 2 aromatic heterocycles. The molecule has 0 aliphatic rings. The largest absolute Gasteiger partial charge is 0.481 e. The Morgan fingerprint density at radius 2 is 1.97 bits per heavy atom. The number of aryl methyl sites for hydroxylation is 3. The molecule has 0 unspecified atom stereocenters. The van der Waals surface area contributed by atoms with Crippen LogP contribution >= 0.6 is 0 Å². The van der Waals surface area contributed by atoms with E-state index in [0.717, 1.165) is 23.4 Å². The Bertz CT molecular complexity index is 1070. The molecule has 7 heteroatoms. The lowest BCUT2D eigenvalue weighted by molar-refractivity contribution is -0.148. The first-order chi connectivity index (χ1) is 14.4. The third kappa shape index (κ3) is 4.79. The Balaban J connectivity index is 1.77. The van der Waals surface area contributed by atoms with Crippen LogP contribution in [0.2, 0.25) is 0 Å². The van der Waals surface area contributed by atoms with Crippen LogP contribution < -0.4 is 5.32 Å². The van der Waals surface area contributed by atoms with Crippen LogP contribution in [0.5, 0.6) is 0 Å². The van der Waals surface area contributed by atoms with Gasteiger partial charge < -0.3 is 19.6 Å². The summed E-state index contributed by atoms with van der Waals surface area (Å²) in [7, 11) is 0. The number of pyridine rings is 1. The number of benzene rings is 1. The summed E-state index contributed by atoms with van der Waals surface area (Å²) in [6.07, 6.45) is 2.51. The first-order valence-electron chi connectivity index (χ1n) is 10.1. The number of carboxylic acids is 1. The van der Waals surface area contributed by atoms with Crippen molar-refractivity contribution in [2.24, 2.45) is 0 Å². The van der Waals surface area contributed by atoms with Crippen molar-refractivity contribution in [1.82, 2.24) is 9.38 Å². The second kappa shape index (κ2) is 9.43. The van der Waals surface area contributed by atoms with Gasteiger partial charge in [0, 0.05) is 18.4 Å². The molecule has 2 heterocycles. The van der Waals surface area contributed by atoms with Gasteiger partial charge in [0.25, 0.3) is 0 Å². The van der Waals surface area contributed by atoms with E-state index in [4.69, 9.17) is 9.84 Å². The number of carbonyl (C=O) groups is 2. The maximum absolute atomic E-state index is 11.7. The van der Waals surface area contributed by atoms with E-state index in [2.05, 4.69) is 42.3 Å². The number of imidazole rings is 1. The van der Waals surface area contributed by atoms with Crippen LogP contribution in [0.4, 0.5) is 5.69 Å². The Morgan fingerprint density at radius 3 is 2.70 bits per heavy atom. The van der Waals surface area contributed by atoms with Gasteiger partial charge in [0.15, 0.2) is 5.65 Å². The van der Waals surface area contributed by atoms with Gasteiger partial charge >= 0.3 is 11.9 Å². The number of hydrogen-bond acceptors (Lipinski definition) is 5. The van der Waals surface area contributed by atoms with Crippen molar-refractivity contribution in [1.29, 1.82) is 0 Å². The van der Waals surface area contributed by atoms with Gasteiger partial charge in [-0.2, -0.15) is 0 Å². The van der Waals surface area contributed by atoms with Crippen molar-refractivity contribution in [3.05, 3.63) is 64.6 Å². The highest BCUT2D eigenvalue weighted by atomic mass is 16.5. The van der Waals surface area contributed by atoms with Crippen molar-refractivity contribution < 1.29 is 19.4 Å². The normalized spacial score (nSPS) is 10.9. The number of fused-ring (bicyclic) bond motifs is 1. The second-order valence-corrected chi connectivity index (χ2v) is 7.23. The van der Waals surface area contributed by atoms with Crippen LogP contribution in [0.15, 0.2) is 36.5 Å². The zero-order valence-corrected chi connectivity index (χ0v) is 17.6. The van der Waals surface area contributed by atoms with Crippen molar-refractivity contribution in [3.8, 4) is 0 Å². The molecule has 158 valence electrons. The first-order valence-corrected chi connectivity index (χ1v) is 10.1. The van der Waals surface area contributed by atoms with E-state index in [1.54, 1.807) is 0 Å². The minimum absolute atomic E-state index is 0.0170. The summed E-state index contributed by atoms with van der Waals surface area (Å²) >= 11 is 0. The fourth-order valence-electron chi connectivity index (χ4n) is 3.47. The topological polar surface area (TPSA) is 92.9 Å². The van der Waals surface area contributed by atoms with Gasteiger partial charge in [-0.05, 0) is 49.1 Å². The molecule has 0 saturated heterocycles. The zero-order valence-electron chi connectivity index (χ0n) is 17.6. The smallest absolute Gasteiger partial charge is 0.306 e. The highest BCUT2D eigenvalue weighted by molar-refractivity contribution is 5.76. The number of carboxylic acid groups (broad SMARTS) is 1. The lowest BCUT2D eigenvalue weighted by Crippen LogP contribution is -2.08. The van der Waals surface area contributed by atoms with Crippen LogP contribution in [-0.4, -0.2) is 26.4 Å². The number of aromatic nitrogens is 2. The molecule has 0 bridgehead atoms. The SMILES string of the molecule is CCc1cccc(C)c1CNc1cccn2c(C)c(COC(=O)CCC(=O)O)nc12. The first kappa shape index (κ1) is 21.4. The highest BCUT2D eigenvalue weighted by Gasteiger charge is 2.14. The van der Waals surface area contributed by atoms with Gasteiger partial charge in [-0.15, -0.1) is 0 Å². The van der Waals surface area contributed by atoms with Gasteiger partial charge in [-0.3, -0.25) is 9.59 Å². The predicted octanol–water partition coefficient (Wildman–Crippen LogP) is 4.03. The molecular weight excluding hydrogens is 382 g/mol. The summed E-state index contributed by atoms with van der Waals surface area (Å²) in [5.41, 5.74) is 7.05. The summed E-state index contributed by atoms with van der Waals surface area (Å²) < 4.78 is 7.17. The molecule has 3 aromatic rings. The highest BCUT2D eigenvalue weighted by Crippen LogP contribution is 2.23. The summed E-state index contributed by atoms with van der Waals surface area (Å²) in [6.45, 7) is 6.90.